The van der Waals surface area contributed by atoms with Gasteiger partial charge in [-0.2, -0.15) is 10.5 Å². The van der Waals surface area contributed by atoms with Gasteiger partial charge in [0.2, 0.25) is 11.8 Å². The molecule has 6 unspecified atom stereocenters. The van der Waals surface area contributed by atoms with Crippen LogP contribution < -0.4 is 9.47 Å². The Morgan fingerprint density at radius 3 is 1.38 bits per heavy atom. The molecule has 2 amide bonds. The molecule has 6 rings (SSSR count). The van der Waals surface area contributed by atoms with E-state index in [2.05, 4.69) is 12.1 Å². The second-order valence-corrected chi connectivity index (χ2v) is 22.4. The molecule has 4 aliphatic heterocycles. The number of carbonyl (C=O) groups excluding carboxylic acids is 2. The Hall–Kier alpha value is -4.01. The van der Waals surface area contributed by atoms with Crippen molar-refractivity contribution in [1.29, 1.82) is 10.5 Å². The van der Waals surface area contributed by atoms with Crippen LogP contribution in [0.25, 0.3) is 0 Å². The van der Waals surface area contributed by atoms with Crippen LogP contribution in [-0.4, -0.2) is 86.4 Å². The maximum Gasteiger partial charge on any atom is 0.473 e. The number of nitrogens with zero attached hydrogens (tertiary/aromatic N) is 4. The zero-order valence-electron chi connectivity index (χ0n) is 40.6. The van der Waals surface area contributed by atoms with Crippen LogP contribution in [0, 0.1) is 34.5 Å². The number of likely N-dealkylation sites (tertiary alicyclic amines) is 2. The Morgan fingerprint density at radius 2 is 1.08 bits per heavy atom. The maximum atomic E-state index is 13.8. The monoisotopic (exact) mass is 918 g/mol. The number of phosphoric ester groups is 1. The summed E-state index contributed by atoms with van der Waals surface area (Å²) < 4.78 is 52.4. The number of phosphoric acid groups is 1. The Kier molecular flexibility index (Phi) is 14.4. The van der Waals surface area contributed by atoms with E-state index in [4.69, 9.17) is 28.0 Å². The van der Waals surface area contributed by atoms with Gasteiger partial charge in [0.25, 0.3) is 0 Å². The van der Waals surface area contributed by atoms with E-state index in [0.717, 1.165) is 24.0 Å². The molecule has 2 saturated heterocycles. The van der Waals surface area contributed by atoms with Crippen LogP contribution in [0.4, 0.5) is 0 Å². The van der Waals surface area contributed by atoms with Crippen molar-refractivity contribution < 1.29 is 47.0 Å². The number of hydrogen-bond acceptors (Lipinski definition) is 11. The number of benzene rings is 2. The number of hydrogen-bond donors (Lipinski definition) is 1. The molecular weight excluding hydrogens is 848 g/mol. The van der Waals surface area contributed by atoms with E-state index in [9.17, 15) is 29.6 Å². The van der Waals surface area contributed by atoms with Crippen LogP contribution in [0.3, 0.4) is 0 Å². The molecule has 0 bridgehead atoms. The van der Waals surface area contributed by atoms with Crippen LogP contribution >= 0.6 is 7.82 Å². The first-order valence-electron chi connectivity index (χ1n) is 23.3. The minimum atomic E-state index is -4.65. The first kappa shape index (κ1) is 50.4. The van der Waals surface area contributed by atoms with Gasteiger partial charge in [-0.05, 0) is 144 Å². The van der Waals surface area contributed by atoms with E-state index < -0.39 is 53.5 Å². The Bertz CT molecular complexity index is 2100. The summed E-state index contributed by atoms with van der Waals surface area (Å²) in [6, 6.07) is 14.4. The highest BCUT2D eigenvalue weighted by atomic mass is 31.2. The Morgan fingerprint density at radius 1 is 0.708 bits per heavy atom. The number of nitriles is 2. The summed E-state index contributed by atoms with van der Waals surface area (Å²) in [7, 11) is -4.65. The van der Waals surface area contributed by atoms with Crippen molar-refractivity contribution in [2.24, 2.45) is 11.8 Å². The SMILES string of the molecule is CCC(C)(OCCC(C)(C)OP(=O)(O)OC(C)(C)CCOC(C)(CC)C1C(N2CCCC2=O)c2cc(C#N)ccc2OC1(C)C)C1C(N2CCCC2=O)c2cc(C#N)ccc2OC1(C)C. The molecule has 0 aliphatic carbocycles. The van der Waals surface area contributed by atoms with E-state index in [1.165, 1.54) is 0 Å². The highest BCUT2D eigenvalue weighted by molar-refractivity contribution is 7.47. The van der Waals surface area contributed by atoms with Crippen LogP contribution in [0.1, 0.15) is 169 Å². The van der Waals surface area contributed by atoms with Gasteiger partial charge in [0, 0.05) is 37.1 Å². The van der Waals surface area contributed by atoms with Gasteiger partial charge in [0.05, 0.1) is 82.8 Å². The summed E-state index contributed by atoms with van der Waals surface area (Å²) in [5.41, 5.74) is -2.95. The second kappa shape index (κ2) is 18.6. The average molecular weight is 919 g/mol. The van der Waals surface area contributed by atoms with Crippen molar-refractivity contribution in [1.82, 2.24) is 9.80 Å². The fraction of sp³-hybridized carbons (Fsp3) is 0.680. The van der Waals surface area contributed by atoms with Crippen LogP contribution in [-0.2, 0) is 32.7 Å². The largest absolute Gasteiger partial charge is 0.487 e. The number of ether oxygens (including phenoxy) is 4. The molecular formula is C50H71N4O10P. The minimum absolute atomic E-state index is 0.0558. The molecule has 0 saturated carbocycles. The van der Waals surface area contributed by atoms with Gasteiger partial charge in [-0.1, -0.05) is 13.8 Å². The van der Waals surface area contributed by atoms with Gasteiger partial charge in [-0.15, -0.1) is 0 Å². The molecule has 15 heteroatoms. The average Bonchev–Trinajstić information content (AvgIpc) is 3.84. The highest BCUT2D eigenvalue weighted by Crippen LogP contribution is 2.56. The minimum Gasteiger partial charge on any atom is -0.487 e. The number of amides is 2. The van der Waals surface area contributed by atoms with Gasteiger partial charge < -0.3 is 33.6 Å². The number of carbonyl (C=O) groups is 2. The van der Waals surface area contributed by atoms with Crippen LogP contribution in [0.2, 0.25) is 0 Å². The lowest BCUT2D eigenvalue weighted by atomic mass is 9.67. The molecule has 14 nitrogen and oxygen atoms in total. The smallest absolute Gasteiger partial charge is 0.473 e. The highest BCUT2D eigenvalue weighted by Gasteiger charge is 2.58. The molecule has 2 aromatic rings. The molecule has 2 aromatic carbocycles. The summed E-state index contributed by atoms with van der Waals surface area (Å²) in [4.78, 5) is 41.8. The number of rotatable bonds is 18. The molecule has 4 heterocycles. The van der Waals surface area contributed by atoms with Crippen molar-refractivity contribution in [2.45, 2.75) is 180 Å². The quantitative estimate of drug-likeness (QED) is 0.140. The summed E-state index contributed by atoms with van der Waals surface area (Å²) in [6.07, 6.45) is 4.03. The molecule has 1 N–H and O–H groups in total. The molecule has 65 heavy (non-hydrogen) atoms. The maximum absolute atomic E-state index is 13.8. The van der Waals surface area contributed by atoms with Crippen molar-refractivity contribution in [3.05, 3.63) is 58.7 Å². The first-order chi connectivity index (χ1) is 30.2. The zero-order chi connectivity index (χ0) is 48.0. The molecule has 0 radical (unpaired) electrons. The topological polar surface area (TPSA) is 181 Å². The third kappa shape index (κ3) is 10.6. The normalized spacial score (nSPS) is 25.5. The molecule has 2 fully saturated rings. The fourth-order valence-corrected chi connectivity index (χ4v) is 12.5. The standard InChI is InChI=1S/C50H71N4O10P/c1-13-49(11,43-41(53-25-15-17-39(53)55)35-29-33(31-51)19-21-37(35)61-47(43,7)8)59-27-23-45(3,4)63-65(57,58)64-46(5,6)24-28-60-50(12,14-2)44-42(54-26-16-18-40(54)56)36-30-34(32-52)20-22-38(36)62-48(44,9)10/h19-22,29-30,41-44H,13-18,23-28H2,1-12H3,(H,57,58). The van der Waals surface area contributed by atoms with E-state index in [1.54, 1.807) is 39.8 Å². The number of fused-ring (bicyclic) bond motifs is 2. The molecule has 4 aliphatic rings. The van der Waals surface area contributed by atoms with Crippen molar-refractivity contribution in [2.75, 3.05) is 26.3 Å². The van der Waals surface area contributed by atoms with Gasteiger partial charge >= 0.3 is 7.82 Å². The Labute approximate surface area is 386 Å². The summed E-state index contributed by atoms with van der Waals surface area (Å²) >= 11 is 0. The first-order valence-corrected chi connectivity index (χ1v) is 24.8. The summed E-state index contributed by atoms with van der Waals surface area (Å²) in [5.74, 6) is 0.721. The molecule has 0 aromatic heterocycles. The zero-order valence-corrected chi connectivity index (χ0v) is 41.5. The molecule has 6 atom stereocenters. The lowest BCUT2D eigenvalue weighted by molar-refractivity contribution is -0.173. The van der Waals surface area contributed by atoms with Crippen LogP contribution in [0.15, 0.2) is 36.4 Å². The van der Waals surface area contributed by atoms with E-state index in [1.807, 2.05) is 89.5 Å². The van der Waals surface area contributed by atoms with Gasteiger partial charge in [-0.25, -0.2) is 4.57 Å². The lowest BCUT2D eigenvalue weighted by Gasteiger charge is -2.54. The molecule has 356 valence electrons. The van der Waals surface area contributed by atoms with Crippen molar-refractivity contribution in [3.63, 3.8) is 0 Å². The third-order valence-electron chi connectivity index (χ3n) is 14.4. The van der Waals surface area contributed by atoms with E-state index >= 15 is 0 Å². The molecule has 0 spiro atoms. The van der Waals surface area contributed by atoms with E-state index in [-0.39, 0.29) is 49.7 Å². The summed E-state index contributed by atoms with van der Waals surface area (Å²) in [6.45, 7) is 24.6. The van der Waals surface area contributed by atoms with Crippen molar-refractivity contribution >= 4 is 19.6 Å². The Balaban J connectivity index is 1.12. The van der Waals surface area contributed by atoms with Gasteiger partial charge in [0.1, 0.15) is 22.7 Å². The fourth-order valence-electron chi connectivity index (χ4n) is 11.1. The lowest BCUT2D eigenvalue weighted by Crippen LogP contribution is -2.59. The van der Waals surface area contributed by atoms with Gasteiger partial charge in [0.15, 0.2) is 0 Å². The van der Waals surface area contributed by atoms with E-state index in [0.29, 0.717) is 61.4 Å². The van der Waals surface area contributed by atoms with Crippen molar-refractivity contribution in [3.8, 4) is 23.6 Å². The summed E-state index contributed by atoms with van der Waals surface area (Å²) in [5, 5.41) is 19.6. The van der Waals surface area contributed by atoms with Crippen LogP contribution in [0.5, 0.6) is 11.5 Å². The second-order valence-electron chi connectivity index (χ2n) is 21.1. The predicted octanol–water partition coefficient (Wildman–Crippen LogP) is 9.87. The predicted molar refractivity (Wildman–Crippen MR) is 245 cm³/mol. The van der Waals surface area contributed by atoms with Gasteiger partial charge in [-0.3, -0.25) is 18.6 Å². The third-order valence-corrected chi connectivity index (χ3v) is 15.8.